The number of carbonyl (C=O) groups is 6. The molecule has 0 aliphatic heterocycles. The predicted molar refractivity (Wildman–Crippen MR) is 134 cm³/mol. The molecule has 3 aromatic carbocycles. The van der Waals surface area contributed by atoms with E-state index < -0.39 is 35.8 Å². The quantitative estimate of drug-likeness (QED) is 0.160. The number of nitrogens with two attached hydrogens (primary N) is 3. The number of nitrogen functional groups attached to an aromatic ring is 3. The van der Waals surface area contributed by atoms with Crippen molar-refractivity contribution in [3.05, 3.63) is 88.0 Å². The van der Waals surface area contributed by atoms with Gasteiger partial charge >= 0.3 is 35.8 Å². The smallest absolute Gasteiger partial charge is 0.337 e. The van der Waals surface area contributed by atoms with Crippen LogP contribution in [0.15, 0.2) is 54.6 Å². The third kappa shape index (κ3) is 11.4. The molecule has 0 saturated carbocycles. The molecule has 0 aliphatic rings. The van der Waals surface area contributed by atoms with Crippen molar-refractivity contribution in [3.8, 4) is 0 Å². The molecule has 0 unspecified atom stereocenters. The summed E-state index contributed by atoms with van der Waals surface area (Å²) in [7, 11) is 0. The maximum atomic E-state index is 10.5. The topological polar surface area (TPSA) is 302 Å². The van der Waals surface area contributed by atoms with E-state index in [9.17, 15) is 28.8 Å². The van der Waals surface area contributed by atoms with E-state index in [1.807, 2.05) is 0 Å². The zero-order valence-corrected chi connectivity index (χ0v) is 25.0. The van der Waals surface area contributed by atoms with Crippen molar-refractivity contribution in [2.24, 2.45) is 0 Å². The first-order valence-electron chi connectivity index (χ1n) is 10.1. The number of carboxylic acid groups (broad SMARTS) is 6. The number of aromatic carboxylic acids is 6. The standard InChI is InChI=1S/3C8H7NO4.2Ir/c3*9-6-3-4(7(10)11)1-2-5(6)8(12)13;;/h3*1-3H,9H2,(H,10,11)(H,12,13);;. The normalized spacial score (nSPS) is 9.07. The van der Waals surface area contributed by atoms with Crippen LogP contribution in [0.4, 0.5) is 17.1 Å². The fraction of sp³-hybridized carbons (Fsp3) is 0. The van der Waals surface area contributed by atoms with Gasteiger partial charge in [-0.15, -0.1) is 0 Å². The van der Waals surface area contributed by atoms with Crippen LogP contribution in [0.3, 0.4) is 0 Å². The average Bonchev–Trinajstić information content (AvgIpc) is 2.83. The molecule has 17 heteroatoms. The van der Waals surface area contributed by atoms with Crippen molar-refractivity contribution in [2.45, 2.75) is 0 Å². The fourth-order valence-electron chi connectivity index (χ4n) is 2.67. The average molecular weight is 928 g/mol. The van der Waals surface area contributed by atoms with Gasteiger partial charge in [-0.05, 0) is 54.6 Å². The van der Waals surface area contributed by atoms with Gasteiger partial charge in [0.1, 0.15) is 0 Å². The van der Waals surface area contributed by atoms with Crippen molar-refractivity contribution in [3.63, 3.8) is 0 Å². The minimum atomic E-state index is -1.17. The first-order valence-corrected chi connectivity index (χ1v) is 10.1. The summed E-state index contributed by atoms with van der Waals surface area (Å²) < 4.78 is 0. The molecule has 15 nitrogen and oxygen atoms in total. The van der Waals surface area contributed by atoms with E-state index in [0.717, 1.165) is 18.2 Å². The van der Waals surface area contributed by atoms with Crippen LogP contribution in [0.25, 0.3) is 0 Å². The van der Waals surface area contributed by atoms with Crippen LogP contribution in [-0.2, 0) is 40.2 Å². The second kappa shape index (κ2) is 17.0. The van der Waals surface area contributed by atoms with E-state index in [-0.39, 0.29) is 90.7 Å². The molecule has 0 aromatic heterocycles. The van der Waals surface area contributed by atoms with Gasteiger partial charge in [0.2, 0.25) is 0 Å². The molecule has 0 bridgehead atoms. The van der Waals surface area contributed by atoms with E-state index in [2.05, 4.69) is 0 Å². The Balaban J connectivity index is 0. The molecule has 0 saturated heterocycles. The summed E-state index contributed by atoms with van der Waals surface area (Å²) in [5.41, 5.74) is 15.4. The Bertz CT molecular complexity index is 1300. The van der Waals surface area contributed by atoms with Gasteiger partial charge in [0.25, 0.3) is 0 Å². The SMILES string of the molecule is Nc1cc(C(=O)O)ccc1C(=O)O.Nc1cc(C(=O)O)ccc1C(=O)O.Nc1cc(C(=O)O)ccc1C(=O)O.[Ir].[Ir]. The molecule has 12 N–H and O–H groups in total. The van der Waals surface area contributed by atoms with Crippen LogP contribution >= 0.6 is 0 Å². The minimum Gasteiger partial charge on any atom is -0.478 e. The van der Waals surface area contributed by atoms with Gasteiger partial charge in [0, 0.05) is 57.3 Å². The fourth-order valence-corrected chi connectivity index (χ4v) is 2.67. The number of hydrogen-bond donors (Lipinski definition) is 9. The van der Waals surface area contributed by atoms with Crippen LogP contribution in [0.2, 0.25) is 0 Å². The molecule has 0 fully saturated rings. The Hall–Kier alpha value is -4.82. The monoisotopic (exact) mass is 929 g/mol. The molecular weight excluding hydrogens is 907 g/mol. The molecule has 0 heterocycles. The van der Waals surface area contributed by atoms with Gasteiger partial charge in [-0.2, -0.15) is 0 Å². The van der Waals surface area contributed by atoms with Gasteiger partial charge in [-0.1, -0.05) is 0 Å². The number of rotatable bonds is 6. The van der Waals surface area contributed by atoms with E-state index in [0.29, 0.717) is 0 Å². The molecule has 0 amide bonds. The van der Waals surface area contributed by atoms with Crippen LogP contribution in [0.5, 0.6) is 0 Å². The van der Waals surface area contributed by atoms with Crippen LogP contribution in [-0.4, -0.2) is 66.5 Å². The summed E-state index contributed by atoms with van der Waals surface area (Å²) in [6.45, 7) is 0. The molecule has 0 spiro atoms. The second-order valence-corrected chi connectivity index (χ2v) is 7.24. The zero-order chi connectivity index (χ0) is 30.0. The zero-order valence-electron chi connectivity index (χ0n) is 20.2. The number of carboxylic acids is 6. The van der Waals surface area contributed by atoms with Crippen molar-refractivity contribution in [1.29, 1.82) is 0 Å². The Morgan fingerprint density at radius 2 is 0.585 bits per heavy atom. The summed E-state index contributed by atoms with van der Waals surface area (Å²) in [5, 5.41) is 51.3. The van der Waals surface area contributed by atoms with E-state index in [1.54, 1.807) is 0 Å². The molecule has 222 valence electrons. The van der Waals surface area contributed by atoms with Crippen LogP contribution in [0, 0.1) is 0 Å². The van der Waals surface area contributed by atoms with Gasteiger partial charge in [-0.3, -0.25) is 0 Å². The molecule has 3 rings (SSSR count). The first-order chi connectivity index (χ1) is 18.1. The third-order valence-corrected chi connectivity index (χ3v) is 4.59. The van der Waals surface area contributed by atoms with Gasteiger partial charge in [0.05, 0.1) is 33.4 Å². The van der Waals surface area contributed by atoms with Crippen LogP contribution < -0.4 is 17.2 Å². The van der Waals surface area contributed by atoms with E-state index in [4.69, 9.17) is 47.8 Å². The summed E-state index contributed by atoms with van der Waals surface area (Å²) in [6.07, 6.45) is 0. The summed E-state index contributed by atoms with van der Waals surface area (Å²) in [6, 6.07) is 10.4. The molecule has 0 atom stereocenters. The molecular formula is C24H21Ir2N3O12. The van der Waals surface area contributed by atoms with Crippen molar-refractivity contribution in [2.75, 3.05) is 17.2 Å². The maximum absolute atomic E-state index is 10.5. The van der Waals surface area contributed by atoms with E-state index >= 15 is 0 Å². The van der Waals surface area contributed by atoms with Crippen molar-refractivity contribution >= 4 is 52.9 Å². The first kappa shape index (κ1) is 38.3. The van der Waals surface area contributed by atoms with Gasteiger partial charge in [-0.25, -0.2) is 28.8 Å². The van der Waals surface area contributed by atoms with E-state index in [1.165, 1.54) is 36.4 Å². The Morgan fingerprint density at radius 1 is 0.390 bits per heavy atom. The van der Waals surface area contributed by atoms with Gasteiger partial charge in [0.15, 0.2) is 0 Å². The number of anilines is 3. The van der Waals surface area contributed by atoms with Gasteiger partial charge < -0.3 is 47.8 Å². The molecule has 2 radical (unpaired) electrons. The summed E-state index contributed by atoms with van der Waals surface area (Å²) in [4.78, 5) is 62.7. The second-order valence-electron chi connectivity index (χ2n) is 7.24. The predicted octanol–water partition coefficient (Wildman–Crippen LogP) is 1.99. The minimum absolute atomic E-state index is 0. The number of benzene rings is 3. The maximum Gasteiger partial charge on any atom is 0.337 e. The Morgan fingerprint density at radius 3 is 0.707 bits per heavy atom. The van der Waals surface area contributed by atoms with Crippen molar-refractivity contribution in [1.82, 2.24) is 0 Å². The largest absolute Gasteiger partial charge is 0.478 e. The Kier molecular flexibility index (Phi) is 15.9. The summed E-state index contributed by atoms with van der Waals surface area (Å²) >= 11 is 0. The molecule has 0 aliphatic carbocycles. The third-order valence-electron chi connectivity index (χ3n) is 4.59. The molecule has 3 aromatic rings. The Labute approximate surface area is 256 Å². The number of hydrogen-bond acceptors (Lipinski definition) is 9. The van der Waals surface area contributed by atoms with Crippen molar-refractivity contribution < 1.29 is 99.6 Å². The van der Waals surface area contributed by atoms with Crippen LogP contribution in [0.1, 0.15) is 62.1 Å². The molecule has 41 heavy (non-hydrogen) atoms. The summed E-state index contributed by atoms with van der Waals surface area (Å²) in [5.74, 6) is -6.92.